The van der Waals surface area contributed by atoms with E-state index < -0.39 is 22.9 Å². The largest absolute Gasteiger partial charge is 0.416 e. The fourth-order valence-corrected chi connectivity index (χ4v) is 3.16. The Hall–Kier alpha value is -2.59. The minimum Gasteiger partial charge on any atom is -0.325 e. The summed E-state index contributed by atoms with van der Waals surface area (Å²) in [5, 5.41) is 14.1. The number of thioether (sulfide) groups is 1. The first-order chi connectivity index (χ1) is 13.2. The smallest absolute Gasteiger partial charge is 0.325 e. The average Bonchev–Trinajstić information content (AvgIpc) is 3.10. The molecule has 0 bridgehead atoms. The second-order valence-corrected chi connectivity index (χ2v) is 7.42. The van der Waals surface area contributed by atoms with Gasteiger partial charge in [0.05, 0.1) is 16.5 Å². The average molecular weight is 428 g/mol. The summed E-state index contributed by atoms with van der Waals surface area (Å²) in [6.07, 6.45) is -4.48. The van der Waals surface area contributed by atoms with E-state index in [0.29, 0.717) is 15.9 Å². The van der Waals surface area contributed by atoms with Crippen molar-refractivity contribution in [2.75, 3.05) is 5.32 Å². The van der Waals surface area contributed by atoms with Gasteiger partial charge in [-0.25, -0.2) is 0 Å². The Balaban J connectivity index is 1.71. The lowest BCUT2D eigenvalue weighted by molar-refractivity contribution is -0.137. The maximum absolute atomic E-state index is 12.8. The number of nitrogens with one attached hydrogen (secondary N) is 1. The zero-order chi connectivity index (χ0) is 20.3. The second-order valence-electron chi connectivity index (χ2n) is 5.68. The van der Waals surface area contributed by atoms with Crippen LogP contribution in [0.2, 0.25) is 5.02 Å². The van der Waals surface area contributed by atoms with Gasteiger partial charge in [0.15, 0.2) is 0 Å². The number of amides is 1. The molecule has 1 unspecified atom stereocenters. The summed E-state index contributed by atoms with van der Waals surface area (Å²) in [5.74, 6) is -0.477. The van der Waals surface area contributed by atoms with Crippen molar-refractivity contribution in [1.82, 2.24) is 20.2 Å². The molecule has 1 atom stereocenters. The number of anilines is 1. The van der Waals surface area contributed by atoms with E-state index in [-0.39, 0.29) is 5.69 Å². The molecule has 0 fully saturated rings. The minimum atomic E-state index is -4.48. The van der Waals surface area contributed by atoms with Gasteiger partial charge in [-0.2, -0.15) is 17.9 Å². The molecule has 2 aromatic carbocycles. The summed E-state index contributed by atoms with van der Waals surface area (Å²) in [7, 11) is 0. The van der Waals surface area contributed by atoms with Crippen molar-refractivity contribution < 1.29 is 18.0 Å². The molecule has 1 amide bonds. The molecule has 1 heterocycles. The molecular formula is C17H13ClF3N5OS. The highest BCUT2D eigenvalue weighted by Gasteiger charge is 2.30. The second kappa shape index (κ2) is 8.19. The molecule has 146 valence electrons. The molecule has 1 aromatic heterocycles. The fraction of sp³-hybridized carbons (Fsp3) is 0.176. The molecule has 0 spiro atoms. The number of carbonyl (C=O) groups excluding carboxylic acids is 1. The molecule has 0 aliphatic heterocycles. The predicted molar refractivity (Wildman–Crippen MR) is 99.6 cm³/mol. The van der Waals surface area contributed by atoms with Crippen molar-refractivity contribution in [3.05, 3.63) is 59.1 Å². The number of aromatic nitrogens is 4. The summed E-state index contributed by atoms with van der Waals surface area (Å²) in [6.45, 7) is 1.61. The van der Waals surface area contributed by atoms with Gasteiger partial charge in [0.1, 0.15) is 0 Å². The molecule has 28 heavy (non-hydrogen) atoms. The van der Waals surface area contributed by atoms with Crippen LogP contribution in [0.25, 0.3) is 5.69 Å². The third kappa shape index (κ3) is 4.82. The first kappa shape index (κ1) is 20.2. The number of tetrazole rings is 1. The molecule has 1 N–H and O–H groups in total. The summed E-state index contributed by atoms with van der Waals surface area (Å²) < 4.78 is 39.8. The SMILES string of the molecule is CC(Sc1nnnn1-c1ccc(Cl)cc1)C(=O)Nc1cccc(C(F)(F)F)c1. The molecular weight excluding hydrogens is 415 g/mol. The number of rotatable bonds is 5. The number of alkyl halides is 3. The van der Waals surface area contributed by atoms with E-state index in [1.165, 1.54) is 16.8 Å². The van der Waals surface area contributed by atoms with Crippen LogP contribution < -0.4 is 5.32 Å². The van der Waals surface area contributed by atoms with Gasteiger partial charge in [-0.15, -0.1) is 5.10 Å². The number of benzene rings is 2. The summed E-state index contributed by atoms with van der Waals surface area (Å²) in [4.78, 5) is 12.4. The van der Waals surface area contributed by atoms with Gasteiger partial charge in [-0.1, -0.05) is 29.4 Å². The molecule has 3 rings (SSSR count). The van der Waals surface area contributed by atoms with Crippen molar-refractivity contribution >= 4 is 35.0 Å². The van der Waals surface area contributed by atoms with Crippen molar-refractivity contribution in [2.24, 2.45) is 0 Å². The summed E-state index contributed by atoms with van der Waals surface area (Å²) in [6, 6.07) is 11.2. The van der Waals surface area contributed by atoms with Gasteiger partial charge in [0.2, 0.25) is 11.1 Å². The molecule has 6 nitrogen and oxygen atoms in total. The van der Waals surface area contributed by atoms with Gasteiger partial charge >= 0.3 is 6.18 Å². The maximum Gasteiger partial charge on any atom is 0.416 e. The first-order valence-corrected chi connectivity index (χ1v) is 9.19. The Morgan fingerprint density at radius 2 is 1.93 bits per heavy atom. The first-order valence-electron chi connectivity index (χ1n) is 7.93. The quantitative estimate of drug-likeness (QED) is 0.609. The highest BCUT2D eigenvalue weighted by Crippen LogP contribution is 2.31. The lowest BCUT2D eigenvalue weighted by Gasteiger charge is -2.13. The lowest BCUT2D eigenvalue weighted by Crippen LogP contribution is -2.23. The number of hydrogen-bond acceptors (Lipinski definition) is 5. The van der Waals surface area contributed by atoms with Crippen molar-refractivity contribution in [3.63, 3.8) is 0 Å². The Morgan fingerprint density at radius 3 is 2.61 bits per heavy atom. The zero-order valence-electron chi connectivity index (χ0n) is 14.3. The van der Waals surface area contributed by atoms with Crippen molar-refractivity contribution in [3.8, 4) is 5.69 Å². The van der Waals surface area contributed by atoms with Crippen molar-refractivity contribution in [1.29, 1.82) is 0 Å². The highest BCUT2D eigenvalue weighted by atomic mass is 35.5. The standard InChI is InChI=1S/C17H13ClF3N5OS/c1-10(15(27)22-13-4-2-3-11(9-13)17(19,20)21)28-16-23-24-25-26(16)14-7-5-12(18)6-8-14/h2-10H,1H3,(H,22,27). The molecule has 0 aliphatic carbocycles. The van der Waals surface area contributed by atoms with Gasteiger partial charge in [-0.3, -0.25) is 4.79 Å². The Morgan fingerprint density at radius 1 is 1.21 bits per heavy atom. The van der Waals surface area contributed by atoms with Crippen LogP contribution in [0.1, 0.15) is 12.5 Å². The number of carbonyl (C=O) groups is 1. The monoisotopic (exact) mass is 427 g/mol. The zero-order valence-corrected chi connectivity index (χ0v) is 15.9. The minimum absolute atomic E-state index is 0.0598. The van der Waals surface area contributed by atoms with Crippen LogP contribution in [0.4, 0.5) is 18.9 Å². The number of hydrogen-bond donors (Lipinski definition) is 1. The van der Waals surface area contributed by atoms with Crippen LogP contribution in [-0.4, -0.2) is 31.4 Å². The maximum atomic E-state index is 12.8. The van der Waals surface area contributed by atoms with E-state index in [9.17, 15) is 18.0 Å². The van der Waals surface area contributed by atoms with Crippen LogP contribution >= 0.6 is 23.4 Å². The fourth-order valence-electron chi connectivity index (χ4n) is 2.23. The third-order valence-electron chi connectivity index (χ3n) is 3.62. The molecule has 0 saturated heterocycles. The molecule has 11 heteroatoms. The topological polar surface area (TPSA) is 72.7 Å². The van der Waals surface area contributed by atoms with E-state index in [2.05, 4.69) is 20.8 Å². The Bertz CT molecular complexity index is 977. The van der Waals surface area contributed by atoms with Gasteiger partial charge in [-0.05, 0) is 59.8 Å². The Labute approximate surface area is 167 Å². The van der Waals surface area contributed by atoms with E-state index in [4.69, 9.17) is 11.6 Å². The molecule has 0 aliphatic rings. The highest BCUT2D eigenvalue weighted by molar-refractivity contribution is 8.00. The normalized spacial score (nSPS) is 12.6. The van der Waals surface area contributed by atoms with E-state index >= 15 is 0 Å². The molecule has 0 saturated carbocycles. The van der Waals surface area contributed by atoms with E-state index in [1.54, 1.807) is 31.2 Å². The summed E-state index contributed by atoms with van der Waals surface area (Å²) in [5.41, 5.74) is -0.121. The van der Waals surface area contributed by atoms with Crippen LogP contribution in [-0.2, 0) is 11.0 Å². The van der Waals surface area contributed by atoms with E-state index in [1.807, 2.05) is 0 Å². The van der Waals surface area contributed by atoms with Crippen molar-refractivity contribution in [2.45, 2.75) is 23.5 Å². The molecule has 3 aromatic rings. The van der Waals surface area contributed by atoms with Crippen LogP contribution in [0, 0.1) is 0 Å². The van der Waals surface area contributed by atoms with Gasteiger partial charge < -0.3 is 5.32 Å². The van der Waals surface area contributed by atoms with Gasteiger partial charge in [0, 0.05) is 10.7 Å². The van der Waals surface area contributed by atoms with Crippen LogP contribution in [0.15, 0.2) is 53.7 Å². The predicted octanol–water partition coefficient (Wildman–Crippen LogP) is 4.45. The number of nitrogens with zero attached hydrogens (tertiary/aromatic N) is 4. The van der Waals surface area contributed by atoms with E-state index in [0.717, 1.165) is 23.9 Å². The third-order valence-corrected chi connectivity index (χ3v) is 4.91. The number of halogens is 4. The summed E-state index contributed by atoms with van der Waals surface area (Å²) >= 11 is 6.94. The lowest BCUT2D eigenvalue weighted by atomic mass is 10.2. The van der Waals surface area contributed by atoms with Crippen LogP contribution in [0.5, 0.6) is 0 Å². The van der Waals surface area contributed by atoms with Crippen LogP contribution in [0.3, 0.4) is 0 Å². The molecule has 0 radical (unpaired) electrons. The van der Waals surface area contributed by atoms with Gasteiger partial charge in [0.25, 0.3) is 0 Å². The Kier molecular flexibility index (Phi) is 5.90.